The molecular formula is C21H28N2O6. The van der Waals surface area contributed by atoms with E-state index in [4.69, 9.17) is 18.6 Å². The standard InChI is InChI=1S/C21H28N2O6/c1-14-15-5-6-17(26-2)20(27-3)19(15)29-21(25)16(14)13-18(24)22-7-4-8-23-9-11-28-12-10-23/h5-6H,4,7-13H2,1-3H3,(H,22,24). The number of hydrogen-bond donors (Lipinski definition) is 1. The molecule has 0 unspecified atom stereocenters. The zero-order chi connectivity index (χ0) is 20.8. The van der Waals surface area contributed by atoms with Crippen LogP contribution in [0.2, 0.25) is 0 Å². The molecule has 1 N–H and O–H groups in total. The largest absolute Gasteiger partial charge is 0.493 e. The van der Waals surface area contributed by atoms with Gasteiger partial charge in [0, 0.05) is 25.0 Å². The van der Waals surface area contributed by atoms with Crippen LogP contribution in [0.1, 0.15) is 17.5 Å². The predicted octanol–water partition coefficient (Wildman–Crippen LogP) is 1.50. The lowest BCUT2D eigenvalue weighted by Gasteiger charge is -2.26. The lowest BCUT2D eigenvalue weighted by molar-refractivity contribution is -0.120. The third kappa shape index (κ3) is 4.89. The van der Waals surface area contributed by atoms with E-state index in [1.54, 1.807) is 12.1 Å². The van der Waals surface area contributed by atoms with Crippen LogP contribution in [0.3, 0.4) is 0 Å². The van der Waals surface area contributed by atoms with Crippen LogP contribution in [0.25, 0.3) is 11.0 Å². The van der Waals surface area contributed by atoms with Crippen molar-refractivity contribution in [1.29, 1.82) is 0 Å². The minimum Gasteiger partial charge on any atom is -0.493 e. The molecule has 3 rings (SSSR count). The van der Waals surface area contributed by atoms with Gasteiger partial charge in [-0.2, -0.15) is 0 Å². The van der Waals surface area contributed by atoms with Crippen molar-refractivity contribution >= 4 is 16.9 Å². The molecule has 0 aliphatic carbocycles. The molecular weight excluding hydrogens is 376 g/mol. The van der Waals surface area contributed by atoms with Gasteiger partial charge in [-0.05, 0) is 37.6 Å². The van der Waals surface area contributed by atoms with Crippen LogP contribution in [-0.2, 0) is 16.0 Å². The minimum atomic E-state index is -0.537. The van der Waals surface area contributed by atoms with Crippen LogP contribution in [0.5, 0.6) is 11.5 Å². The summed E-state index contributed by atoms with van der Waals surface area (Å²) >= 11 is 0. The summed E-state index contributed by atoms with van der Waals surface area (Å²) in [4.78, 5) is 27.2. The summed E-state index contributed by atoms with van der Waals surface area (Å²) in [5, 5.41) is 3.61. The molecule has 2 aromatic rings. The number of carbonyl (C=O) groups is 1. The maximum atomic E-state index is 12.5. The third-order valence-electron chi connectivity index (χ3n) is 5.21. The molecule has 8 nitrogen and oxygen atoms in total. The molecule has 1 aliphatic rings. The Bertz CT molecular complexity index is 918. The summed E-state index contributed by atoms with van der Waals surface area (Å²) in [7, 11) is 3.01. The number of aryl methyl sites for hydroxylation is 1. The zero-order valence-corrected chi connectivity index (χ0v) is 17.2. The van der Waals surface area contributed by atoms with E-state index < -0.39 is 5.63 Å². The topological polar surface area (TPSA) is 90.2 Å². The van der Waals surface area contributed by atoms with E-state index in [1.807, 2.05) is 6.92 Å². The number of hydrogen-bond acceptors (Lipinski definition) is 7. The highest BCUT2D eigenvalue weighted by atomic mass is 16.5. The quantitative estimate of drug-likeness (QED) is 0.527. The number of benzene rings is 1. The first-order valence-corrected chi connectivity index (χ1v) is 9.79. The molecule has 1 saturated heterocycles. The van der Waals surface area contributed by atoms with Gasteiger partial charge in [-0.15, -0.1) is 0 Å². The van der Waals surface area contributed by atoms with E-state index in [-0.39, 0.29) is 12.3 Å². The molecule has 8 heteroatoms. The van der Waals surface area contributed by atoms with E-state index >= 15 is 0 Å². The molecule has 0 bridgehead atoms. The van der Waals surface area contributed by atoms with Crippen molar-refractivity contribution in [2.24, 2.45) is 0 Å². The highest BCUT2D eigenvalue weighted by molar-refractivity contribution is 5.89. The SMILES string of the molecule is COc1ccc2c(C)c(CC(=O)NCCCN3CCOCC3)c(=O)oc2c1OC. The first kappa shape index (κ1) is 21.1. The fourth-order valence-corrected chi connectivity index (χ4v) is 3.55. The summed E-state index contributed by atoms with van der Waals surface area (Å²) in [5.74, 6) is 0.653. The van der Waals surface area contributed by atoms with Gasteiger partial charge >= 0.3 is 5.63 Å². The summed E-state index contributed by atoms with van der Waals surface area (Å²) in [5.41, 5.74) is 0.852. The lowest BCUT2D eigenvalue weighted by atomic mass is 10.0. The Morgan fingerprint density at radius 2 is 1.97 bits per heavy atom. The number of morpholine rings is 1. The average molecular weight is 404 g/mol. The lowest BCUT2D eigenvalue weighted by Crippen LogP contribution is -2.38. The van der Waals surface area contributed by atoms with Gasteiger partial charge in [0.2, 0.25) is 11.7 Å². The summed E-state index contributed by atoms with van der Waals surface area (Å²) in [6.45, 7) is 6.69. The van der Waals surface area contributed by atoms with Crippen LogP contribution in [0.4, 0.5) is 0 Å². The molecule has 158 valence electrons. The van der Waals surface area contributed by atoms with Gasteiger partial charge in [0.15, 0.2) is 11.3 Å². The van der Waals surface area contributed by atoms with E-state index in [2.05, 4.69) is 10.2 Å². The molecule has 1 fully saturated rings. The zero-order valence-electron chi connectivity index (χ0n) is 17.2. The van der Waals surface area contributed by atoms with Gasteiger partial charge in [0.1, 0.15) is 0 Å². The minimum absolute atomic E-state index is 0.0179. The van der Waals surface area contributed by atoms with E-state index in [9.17, 15) is 9.59 Å². The first-order chi connectivity index (χ1) is 14.0. The normalized spacial score (nSPS) is 14.7. The number of nitrogens with zero attached hydrogens (tertiary/aromatic N) is 1. The van der Waals surface area contributed by atoms with Gasteiger partial charge in [-0.3, -0.25) is 9.69 Å². The fraction of sp³-hybridized carbons (Fsp3) is 0.524. The maximum Gasteiger partial charge on any atom is 0.340 e. The van der Waals surface area contributed by atoms with Crippen LogP contribution >= 0.6 is 0 Å². The van der Waals surface area contributed by atoms with E-state index in [1.165, 1.54) is 14.2 Å². The molecule has 0 atom stereocenters. The third-order valence-corrected chi connectivity index (χ3v) is 5.21. The second kappa shape index (κ2) is 9.76. The Hall–Kier alpha value is -2.58. The fourth-order valence-electron chi connectivity index (χ4n) is 3.55. The van der Waals surface area contributed by atoms with Crippen molar-refractivity contribution < 1.29 is 23.4 Å². The number of methoxy groups -OCH3 is 2. The second-order valence-electron chi connectivity index (χ2n) is 7.01. The van der Waals surface area contributed by atoms with Crippen molar-refractivity contribution in [2.45, 2.75) is 19.8 Å². The Labute approximate surface area is 169 Å². The van der Waals surface area contributed by atoms with Gasteiger partial charge in [-0.25, -0.2) is 4.79 Å². The molecule has 0 saturated carbocycles. The first-order valence-electron chi connectivity index (χ1n) is 9.79. The van der Waals surface area contributed by atoms with Crippen LogP contribution in [0.15, 0.2) is 21.3 Å². The highest BCUT2D eigenvalue weighted by Gasteiger charge is 2.19. The Morgan fingerprint density at radius 1 is 1.21 bits per heavy atom. The van der Waals surface area contributed by atoms with Crippen LogP contribution < -0.4 is 20.4 Å². The van der Waals surface area contributed by atoms with Crippen molar-refractivity contribution in [3.63, 3.8) is 0 Å². The van der Waals surface area contributed by atoms with Gasteiger partial charge < -0.3 is 23.9 Å². The Morgan fingerprint density at radius 3 is 2.66 bits per heavy atom. The number of rotatable bonds is 8. The van der Waals surface area contributed by atoms with E-state index in [0.717, 1.165) is 44.7 Å². The molecule has 1 aliphatic heterocycles. The number of carbonyl (C=O) groups excluding carboxylic acids is 1. The molecule has 1 amide bonds. The monoisotopic (exact) mass is 404 g/mol. The average Bonchev–Trinajstić information content (AvgIpc) is 2.74. The van der Waals surface area contributed by atoms with Crippen LogP contribution in [0, 0.1) is 6.92 Å². The van der Waals surface area contributed by atoms with E-state index in [0.29, 0.717) is 34.8 Å². The Kier molecular flexibility index (Phi) is 7.11. The summed E-state index contributed by atoms with van der Waals surface area (Å²) in [6, 6.07) is 3.56. The molecule has 0 radical (unpaired) electrons. The predicted molar refractivity (Wildman–Crippen MR) is 109 cm³/mol. The maximum absolute atomic E-state index is 12.5. The van der Waals surface area contributed by atoms with Crippen molar-refractivity contribution in [1.82, 2.24) is 10.2 Å². The van der Waals surface area contributed by atoms with Crippen molar-refractivity contribution in [2.75, 3.05) is 53.6 Å². The molecule has 2 heterocycles. The number of fused-ring (bicyclic) bond motifs is 1. The van der Waals surface area contributed by atoms with Gasteiger partial charge in [-0.1, -0.05) is 0 Å². The number of nitrogens with one attached hydrogen (secondary N) is 1. The van der Waals surface area contributed by atoms with Crippen molar-refractivity contribution in [3.8, 4) is 11.5 Å². The molecule has 29 heavy (non-hydrogen) atoms. The number of amides is 1. The summed E-state index contributed by atoms with van der Waals surface area (Å²) < 4.78 is 21.4. The molecule has 1 aromatic heterocycles. The number of ether oxygens (including phenoxy) is 3. The highest BCUT2D eigenvalue weighted by Crippen LogP contribution is 2.36. The smallest absolute Gasteiger partial charge is 0.340 e. The van der Waals surface area contributed by atoms with Crippen molar-refractivity contribution in [3.05, 3.63) is 33.7 Å². The second-order valence-corrected chi connectivity index (χ2v) is 7.01. The molecule has 0 spiro atoms. The molecule has 1 aromatic carbocycles. The Balaban J connectivity index is 1.66. The van der Waals surface area contributed by atoms with Crippen LogP contribution in [-0.4, -0.2) is 64.4 Å². The van der Waals surface area contributed by atoms with Gasteiger partial charge in [0.25, 0.3) is 0 Å². The van der Waals surface area contributed by atoms with Gasteiger partial charge in [0.05, 0.1) is 39.4 Å². The summed E-state index contributed by atoms with van der Waals surface area (Å²) in [6.07, 6.45) is 0.837.